The highest BCUT2D eigenvalue weighted by molar-refractivity contribution is 5.18. The lowest BCUT2D eigenvalue weighted by molar-refractivity contribution is 0.473. The van der Waals surface area contributed by atoms with Crippen LogP contribution in [-0.2, 0) is 6.54 Å². The number of nitrogens with one attached hydrogen (secondary N) is 1. The predicted octanol–water partition coefficient (Wildman–Crippen LogP) is 2.71. The molecule has 4 nitrogen and oxygen atoms in total. The van der Waals surface area contributed by atoms with Crippen molar-refractivity contribution in [2.24, 2.45) is 0 Å². The van der Waals surface area contributed by atoms with Crippen LogP contribution in [0.1, 0.15) is 44.2 Å². The molecular weight excluding hydrogens is 224 g/mol. The molecule has 0 bridgehead atoms. The van der Waals surface area contributed by atoms with E-state index in [-0.39, 0.29) is 0 Å². The molecule has 1 aromatic carbocycles. The number of aromatic nitrogens is 3. The van der Waals surface area contributed by atoms with Gasteiger partial charge in [-0.1, -0.05) is 30.3 Å². The van der Waals surface area contributed by atoms with Crippen molar-refractivity contribution >= 4 is 0 Å². The van der Waals surface area contributed by atoms with Crippen LogP contribution in [0.4, 0.5) is 0 Å². The molecule has 1 N–H and O–H groups in total. The molecule has 0 fully saturated rings. The maximum Gasteiger partial charge on any atom is 0.141 e. The molecule has 0 spiro atoms. The topological polar surface area (TPSA) is 42.7 Å². The van der Waals surface area contributed by atoms with Gasteiger partial charge in [0, 0.05) is 12.1 Å². The largest absolute Gasteiger partial charge is 0.303 e. The fourth-order valence-electron chi connectivity index (χ4n) is 1.94. The van der Waals surface area contributed by atoms with Crippen molar-refractivity contribution in [2.45, 2.75) is 39.4 Å². The van der Waals surface area contributed by atoms with Crippen LogP contribution in [0.25, 0.3) is 0 Å². The van der Waals surface area contributed by atoms with Crippen molar-refractivity contribution in [1.29, 1.82) is 0 Å². The standard InChI is InChI=1S/C14H20N4/c1-11(2)18-14(16-10-17-18)9-15-12(3)13-7-5-4-6-8-13/h4-8,10-12,15H,9H2,1-3H3. The first-order valence-electron chi connectivity index (χ1n) is 6.35. The van der Waals surface area contributed by atoms with Gasteiger partial charge < -0.3 is 5.32 Å². The van der Waals surface area contributed by atoms with Gasteiger partial charge in [0.05, 0.1) is 6.54 Å². The van der Waals surface area contributed by atoms with Gasteiger partial charge in [0.15, 0.2) is 0 Å². The average Bonchev–Trinajstić information content (AvgIpc) is 2.85. The van der Waals surface area contributed by atoms with Gasteiger partial charge in [-0.2, -0.15) is 5.10 Å². The van der Waals surface area contributed by atoms with Crippen molar-refractivity contribution in [3.63, 3.8) is 0 Å². The van der Waals surface area contributed by atoms with Gasteiger partial charge in [0.25, 0.3) is 0 Å². The SMILES string of the molecule is CC(NCc1ncnn1C(C)C)c1ccccc1. The maximum atomic E-state index is 4.29. The molecule has 2 rings (SSSR count). The van der Waals surface area contributed by atoms with Crippen molar-refractivity contribution in [1.82, 2.24) is 20.1 Å². The zero-order chi connectivity index (χ0) is 13.0. The molecule has 0 radical (unpaired) electrons. The first kappa shape index (κ1) is 12.8. The van der Waals surface area contributed by atoms with Crippen LogP contribution in [0, 0.1) is 0 Å². The zero-order valence-electron chi connectivity index (χ0n) is 11.2. The Morgan fingerprint density at radius 1 is 1.17 bits per heavy atom. The highest BCUT2D eigenvalue weighted by Gasteiger charge is 2.09. The molecule has 4 heteroatoms. The number of nitrogens with zero attached hydrogens (tertiary/aromatic N) is 3. The molecule has 0 aliphatic rings. The molecule has 0 saturated carbocycles. The summed E-state index contributed by atoms with van der Waals surface area (Å²) >= 11 is 0. The Hall–Kier alpha value is -1.68. The van der Waals surface area contributed by atoms with Crippen LogP contribution < -0.4 is 5.32 Å². The summed E-state index contributed by atoms with van der Waals surface area (Å²) in [6.45, 7) is 7.11. The summed E-state index contributed by atoms with van der Waals surface area (Å²) in [7, 11) is 0. The third kappa shape index (κ3) is 2.96. The molecule has 0 aliphatic heterocycles. The Balaban J connectivity index is 1.97. The van der Waals surface area contributed by atoms with Crippen LogP contribution in [0.3, 0.4) is 0 Å². The van der Waals surface area contributed by atoms with Crippen LogP contribution in [0.2, 0.25) is 0 Å². The quantitative estimate of drug-likeness (QED) is 0.879. The summed E-state index contributed by atoms with van der Waals surface area (Å²) < 4.78 is 1.95. The Morgan fingerprint density at radius 2 is 1.89 bits per heavy atom. The molecule has 1 heterocycles. The minimum atomic E-state index is 0.309. The summed E-state index contributed by atoms with van der Waals surface area (Å²) in [6, 6.07) is 11.1. The second kappa shape index (κ2) is 5.78. The molecule has 96 valence electrons. The fourth-order valence-corrected chi connectivity index (χ4v) is 1.94. The van der Waals surface area contributed by atoms with Crippen molar-refractivity contribution in [3.05, 3.63) is 48.0 Å². The first-order valence-corrected chi connectivity index (χ1v) is 6.35. The normalized spacial score (nSPS) is 12.9. The Labute approximate surface area is 108 Å². The van der Waals surface area contributed by atoms with Gasteiger partial charge in [-0.05, 0) is 26.3 Å². The number of rotatable bonds is 5. The van der Waals surface area contributed by atoms with Crippen molar-refractivity contribution in [2.75, 3.05) is 0 Å². The minimum absolute atomic E-state index is 0.309. The Morgan fingerprint density at radius 3 is 2.56 bits per heavy atom. The van der Waals surface area contributed by atoms with E-state index >= 15 is 0 Å². The lowest BCUT2D eigenvalue weighted by Crippen LogP contribution is -2.21. The molecule has 1 atom stereocenters. The van der Waals surface area contributed by atoms with E-state index < -0.39 is 0 Å². The fraction of sp³-hybridized carbons (Fsp3) is 0.429. The van der Waals surface area contributed by atoms with Crippen LogP contribution >= 0.6 is 0 Å². The Kier molecular flexibility index (Phi) is 4.10. The molecule has 0 amide bonds. The van der Waals surface area contributed by atoms with Gasteiger partial charge in [-0.15, -0.1) is 0 Å². The molecule has 2 aromatic rings. The van der Waals surface area contributed by atoms with Gasteiger partial charge in [0.2, 0.25) is 0 Å². The van der Waals surface area contributed by atoms with E-state index in [9.17, 15) is 0 Å². The lowest BCUT2D eigenvalue weighted by Gasteiger charge is -2.15. The molecule has 1 unspecified atom stereocenters. The second-order valence-electron chi connectivity index (χ2n) is 4.73. The zero-order valence-corrected chi connectivity index (χ0v) is 11.2. The highest BCUT2D eigenvalue weighted by atomic mass is 15.4. The van der Waals surface area contributed by atoms with Gasteiger partial charge in [0.1, 0.15) is 12.2 Å². The molecule has 1 aromatic heterocycles. The van der Waals surface area contributed by atoms with E-state index in [1.54, 1.807) is 6.33 Å². The van der Waals surface area contributed by atoms with Gasteiger partial charge >= 0.3 is 0 Å². The van der Waals surface area contributed by atoms with E-state index in [0.717, 1.165) is 12.4 Å². The smallest absolute Gasteiger partial charge is 0.141 e. The van der Waals surface area contributed by atoms with Crippen LogP contribution in [0.5, 0.6) is 0 Å². The van der Waals surface area contributed by atoms with Crippen molar-refractivity contribution < 1.29 is 0 Å². The van der Waals surface area contributed by atoms with E-state index in [4.69, 9.17) is 0 Å². The Bertz CT molecular complexity index is 476. The number of benzene rings is 1. The third-order valence-electron chi connectivity index (χ3n) is 3.00. The van der Waals surface area contributed by atoms with Gasteiger partial charge in [-0.3, -0.25) is 0 Å². The number of hydrogen-bond acceptors (Lipinski definition) is 3. The molecular formula is C14H20N4. The van der Waals surface area contributed by atoms with E-state index in [0.29, 0.717) is 12.1 Å². The molecule has 0 saturated heterocycles. The third-order valence-corrected chi connectivity index (χ3v) is 3.00. The van der Waals surface area contributed by atoms with E-state index in [2.05, 4.69) is 60.4 Å². The van der Waals surface area contributed by atoms with E-state index in [1.807, 2.05) is 10.7 Å². The summed E-state index contributed by atoms with van der Waals surface area (Å²) in [5.41, 5.74) is 1.29. The molecule has 18 heavy (non-hydrogen) atoms. The van der Waals surface area contributed by atoms with E-state index in [1.165, 1.54) is 5.56 Å². The summed E-state index contributed by atoms with van der Waals surface area (Å²) in [5.74, 6) is 0.979. The number of hydrogen-bond donors (Lipinski definition) is 1. The highest BCUT2D eigenvalue weighted by Crippen LogP contribution is 2.12. The van der Waals surface area contributed by atoms with Crippen LogP contribution in [0.15, 0.2) is 36.7 Å². The van der Waals surface area contributed by atoms with Crippen molar-refractivity contribution in [3.8, 4) is 0 Å². The van der Waals surface area contributed by atoms with Crippen LogP contribution in [-0.4, -0.2) is 14.8 Å². The maximum absolute atomic E-state index is 4.29. The summed E-state index contributed by atoms with van der Waals surface area (Å²) in [4.78, 5) is 4.29. The lowest BCUT2D eigenvalue weighted by atomic mass is 10.1. The van der Waals surface area contributed by atoms with Gasteiger partial charge in [-0.25, -0.2) is 9.67 Å². The molecule has 0 aliphatic carbocycles. The minimum Gasteiger partial charge on any atom is -0.303 e. The predicted molar refractivity (Wildman–Crippen MR) is 72.1 cm³/mol. The summed E-state index contributed by atoms with van der Waals surface area (Å²) in [5, 5.41) is 7.71. The first-order chi connectivity index (χ1) is 8.68. The average molecular weight is 244 g/mol. The second-order valence-corrected chi connectivity index (χ2v) is 4.73. The summed E-state index contributed by atoms with van der Waals surface area (Å²) in [6.07, 6.45) is 1.62. The monoisotopic (exact) mass is 244 g/mol.